The summed E-state index contributed by atoms with van der Waals surface area (Å²) in [6.45, 7) is 5.06. The molecule has 0 bridgehead atoms. The third-order valence-corrected chi connectivity index (χ3v) is 3.25. The second-order valence-electron chi connectivity index (χ2n) is 4.31. The summed E-state index contributed by atoms with van der Waals surface area (Å²) in [6.07, 6.45) is 3.57. The number of halogens is 1. The number of rotatable bonds is 5. The van der Waals surface area contributed by atoms with Crippen molar-refractivity contribution in [1.82, 2.24) is 9.97 Å². The molecule has 100 valence electrons. The van der Waals surface area contributed by atoms with Crippen molar-refractivity contribution in [2.24, 2.45) is 0 Å². The van der Waals surface area contributed by atoms with E-state index in [1.54, 1.807) is 6.33 Å². The van der Waals surface area contributed by atoms with Crippen LogP contribution in [0.2, 0.25) is 5.02 Å². The van der Waals surface area contributed by atoms with Crippen molar-refractivity contribution in [3.05, 3.63) is 41.2 Å². The van der Waals surface area contributed by atoms with E-state index in [-0.39, 0.29) is 0 Å². The van der Waals surface area contributed by atoms with Gasteiger partial charge in [-0.05, 0) is 19.4 Å². The second kappa shape index (κ2) is 6.53. The van der Waals surface area contributed by atoms with E-state index in [0.29, 0.717) is 0 Å². The molecule has 2 rings (SSSR count). The van der Waals surface area contributed by atoms with Gasteiger partial charge in [-0.15, -0.1) is 0 Å². The Balaban J connectivity index is 2.56. The third kappa shape index (κ3) is 3.04. The van der Waals surface area contributed by atoms with E-state index in [1.807, 2.05) is 24.3 Å². The first-order valence-corrected chi connectivity index (χ1v) is 6.98. The lowest BCUT2D eigenvalue weighted by Crippen LogP contribution is -2.06. The first kappa shape index (κ1) is 13.8. The summed E-state index contributed by atoms with van der Waals surface area (Å²) in [4.78, 5) is 8.77. The fraction of sp³-hybridized carbons (Fsp3) is 0.333. The predicted molar refractivity (Wildman–Crippen MR) is 80.6 cm³/mol. The molecule has 0 saturated heterocycles. The van der Waals surface area contributed by atoms with Gasteiger partial charge in [-0.3, -0.25) is 0 Å². The molecule has 3 nitrogen and oxygen atoms in total. The summed E-state index contributed by atoms with van der Waals surface area (Å²) in [7, 11) is 0. The van der Waals surface area contributed by atoms with Crippen molar-refractivity contribution >= 4 is 17.4 Å². The van der Waals surface area contributed by atoms with Crippen molar-refractivity contribution in [2.75, 3.05) is 11.9 Å². The maximum Gasteiger partial charge on any atom is 0.133 e. The summed E-state index contributed by atoms with van der Waals surface area (Å²) in [5.74, 6) is 0.911. The molecule has 1 aromatic heterocycles. The van der Waals surface area contributed by atoms with Crippen LogP contribution in [-0.2, 0) is 6.42 Å². The highest BCUT2D eigenvalue weighted by Gasteiger charge is 2.13. The summed E-state index contributed by atoms with van der Waals surface area (Å²) in [5, 5.41) is 4.02. The topological polar surface area (TPSA) is 37.8 Å². The molecule has 0 atom stereocenters. The molecule has 0 spiro atoms. The smallest absolute Gasteiger partial charge is 0.133 e. The molecule has 0 aliphatic heterocycles. The van der Waals surface area contributed by atoms with Gasteiger partial charge >= 0.3 is 0 Å². The first-order chi connectivity index (χ1) is 9.27. The van der Waals surface area contributed by atoms with Crippen LogP contribution in [0.4, 0.5) is 5.82 Å². The van der Waals surface area contributed by atoms with Gasteiger partial charge in [-0.2, -0.15) is 0 Å². The van der Waals surface area contributed by atoms with Gasteiger partial charge in [-0.1, -0.05) is 43.1 Å². The monoisotopic (exact) mass is 275 g/mol. The van der Waals surface area contributed by atoms with Gasteiger partial charge < -0.3 is 5.32 Å². The van der Waals surface area contributed by atoms with Gasteiger partial charge in [0.15, 0.2) is 0 Å². The molecule has 4 heteroatoms. The van der Waals surface area contributed by atoms with Crippen LogP contribution in [0, 0.1) is 0 Å². The number of nitrogens with zero attached hydrogens (tertiary/aromatic N) is 2. The fourth-order valence-corrected chi connectivity index (χ4v) is 2.33. The highest BCUT2D eigenvalue weighted by atomic mass is 35.5. The molecule has 0 unspecified atom stereocenters. The quantitative estimate of drug-likeness (QED) is 0.889. The second-order valence-corrected chi connectivity index (χ2v) is 4.72. The Labute approximate surface area is 119 Å². The van der Waals surface area contributed by atoms with Crippen molar-refractivity contribution in [2.45, 2.75) is 26.7 Å². The van der Waals surface area contributed by atoms with Gasteiger partial charge in [0.2, 0.25) is 0 Å². The van der Waals surface area contributed by atoms with E-state index in [1.165, 1.54) is 0 Å². The van der Waals surface area contributed by atoms with Gasteiger partial charge in [0.05, 0.1) is 5.69 Å². The lowest BCUT2D eigenvalue weighted by atomic mass is 10.0. The average molecular weight is 276 g/mol. The van der Waals surface area contributed by atoms with Crippen LogP contribution in [0.1, 0.15) is 25.8 Å². The van der Waals surface area contributed by atoms with Crippen LogP contribution in [0.15, 0.2) is 30.6 Å². The number of benzene rings is 1. The largest absolute Gasteiger partial charge is 0.370 e. The SMILES string of the molecule is CCCc1c(NCC)ncnc1-c1ccccc1Cl. The van der Waals surface area contributed by atoms with Crippen molar-refractivity contribution in [3.63, 3.8) is 0 Å². The first-order valence-electron chi connectivity index (χ1n) is 6.60. The van der Waals surface area contributed by atoms with Crippen LogP contribution in [0.5, 0.6) is 0 Å². The standard InChI is InChI=1S/C15H18ClN3/c1-3-7-12-14(11-8-5-6-9-13(11)16)18-10-19-15(12)17-4-2/h5-6,8-10H,3-4,7H2,1-2H3,(H,17,18,19). The Morgan fingerprint density at radius 3 is 2.63 bits per heavy atom. The molecule has 1 heterocycles. The Hall–Kier alpha value is -1.61. The molecule has 0 fully saturated rings. The summed E-state index contributed by atoms with van der Waals surface area (Å²) < 4.78 is 0. The van der Waals surface area contributed by atoms with E-state index in [2.05, 4.69) is 29.1 Å². The summed E-state index contributed by atoms with van der Waals surface area (Å²) >= 11 is 6.28. The Bertz CT molecular complexity index is 555. The van der Waals surface area contributed by atoms with Crippen LogP contribution in [-0.4, -0.2) is 16.5 Å². The molecule has 0 aliphatic carbocycles. The highest BCUT2D eigenvalue weighted by molar-refractivity contribution is 6.33. The van der Waals surface area contributed by atoms with Crippen molar-refractivity contribution in [1.29, 1.82) is 0 Å². The molecule has 1 aromatic carbocycles. The number of hydrogen-bond acceptors (Lipinski definition) is 3. The minimum atomic E-state index is 0.723. The molecule has 0 aliphatic rings. The molecule has 1 N–H and O–H groups in total. The number of aromatic nitrogens is 2. The Morgan fingerprint density at radius 1 is 1.16 bits per heavy atom. The molecule has 0 amide bonds. The maximum absolute atomic E-state index is 6.28. The fourth-order valence-electron chi connectivity index (χ4n) is 2.10. The van der Waals surface area contributed by atoms with Crippen molar-refractivity contribution < 1.29 is 0 Å². The van der Waals surface area contributed by atoms with E-state index in [9.17, 15) is 0 Å². The predicted octanol–water partition coefficient (Wildman–Crippen LogP) is 4.18. The van der Waals surface area contributed by atoms with Gasteiger partial charge in [0.1, 0.15) is 12.1 Å². The molecular formula is C15H18ClN3. The van der Waals surface area contributed by atoms with Gasteiger partial charge in [0, 0.05) is 22.7 Å². The number of anilines is 1. The van der Waals surface area contributed by atoms with E-state index in [0.717, 1.165) is 47.0 Å². The molecular weight excluding hydrogens is 258 g/mol. The van der Waals surface area contributed by atoms with E-state index >= 15 is 0 Å². The van der Waals surface area contributed by atoms with Crippen LogP contribution < -0.4 is 5.32 Å². The normalized spacial score (nSPS) is 10.5. The van der Waals surface area contributed by atoms with Gasteiger partial charge in [0.25, 0.3) is 0 Å². The van der Waals surface area contributed by atoms with E-state index < -0.39 is 0 Å². The van der Waals surface area contributed by atoms with Crippen LogP contribution in [0.3, 0.4) is 0 Å². The molecule has 2 aromatic rings. The Morgan fingerprint density at radius 2 is 1.95 bits per heavy atom. The number of nitrogens with one attached hydrogen (secondary N) is 1. The zero-order valence-electron chi connectivity index (χ0n) is 11.3. The van der Waals surface area contributed by atoms with E-state index in [4.69, 9.17) is 11.6 Å². The molecule has 0 saturated carbocycles. The maximum atomic E-state index is 6.28. The molecule has 19 heavy (non-hydrogen) atoms. The minimum absolute atomic E-state index is 0.723. The third-order valence-electron chi connectivity index (χ3n) is 2.92. The van der Waals surface area contributed by atoms with Gasteiger partial charge in [-0.25, -0.2) is 9.97 Å². The summed E-state index contributed by atoms with van der Waals surface area (Å²) in [6, 6.07) is 7.80. The van der Waals surface area contributed by atoms with Crippen LogP contribution >= 0.6 is 11.6 Å². The van der Waals surface area contributed by atoms with Crippen LogP contribution in [0.25, 0.3) is 11.3 Å². The minimum Gasteiger partial charge on any atom is -0.370 e. The number of hydrogen-bond donors (Lipinski definition) is 1. The lowest BCUT2D eigenvalue weighted by Gasteiger charge is -2.14. The molecule has 0 radical (unpaired) electrons. The zero-order chi connectivity index (χ0) is 13.7. The Kier molecular flexibility index (Phi) is 4.74. The highest BCUT2D eigenvalue weighted by Crippen LogP contribution is 2.31. The lowest BCUT2D eigenvalue weighted by molar-refractivity contribution is 0.902. The van der Waals surface area contributed by atoms with Crippen molar-refractivity contribution in [3.8, 4) is 11.3 Å². The average Bonchev–Trinajstić information content (AvgIpc) is 2.42. The zero-order valence-corrected chi connectivity index (χ0v) is 12.0. The summed E-state index contributed by atoms with van der Waals surface area (Å²) in [5.41, 5.74) is 3.03.